The van der Waals surface area contributed by atoms with Crippen LogP contribution in [-0.4, -0.2) is 47.5 Å². The molecule has 0 saturated carbocycles. The maximum absolute atomic E-state index is 5.93. The number of furan rings is 1. The van der Waals surface area contributed by atoms with Crippen molar-refractivity contribution >= 4 is 0 Å². The second-order valence-electron chi connectivity index (χ2n) is 7.11. The smallest absolute Gasteiger partial charge is 0.122 e. The van der Waals surface area contributed by atoms with Gasteiger partial charge in [-0.15, -0.1) is 0 Å². The summed E-state index contributed by atoms with van der Waals surface area (Å²) in [6.07, 6.45) is 2.11. The van der Waals surface area contributed by atoms with Crippen LogP contribution in [0.3, 0.4) is 0 Å². The standard InChI is InChI=1S/C19H30N4O2/c1-14(2)19-16(13-22(4)21-19)11-20-12-17(18-6-5-15(3)25-18)23-7-9-24-10-8-23/h5-6,13-14,17,20H,7-12H2,1-4H3/t17-/m1/s1. The highest BCUT2D eigenvalue weighted by Gasteiger charge is 2.25. The van der Waals surface area contributed by atoms with Gasteiger partial charge in [0.25, 0.3) is 0 Å². The molecule has 3 heterocycles. The van der Waals surface area contributed by atoms with E-state index >= 15 is 0 Å². The first-order valence-corrected chi connectivity index (χ1v) is 9.16. The fraction of sp³-hybridized carbons (Fsp3) is 0.632. The first kappa shape index (κ1) is 18.2. The van der Waals surface area contributed by atoms with Crippen LogP contribution in [0.15, 0.2) is 22.7 Å². The number of nitrogens with zero attached hydrogens (tertiary/aromatic N) is 3. The molecular weight excluding hydrogens is 316 g/mol. The van der Waals surface area contributed by atoms with Crippen molar-refractivity contribution < 1.29 is 9.15 Å². The predicted octanol–water partition coefficient (Wildman–Crippen LogP) is 2.61. The number of ether oxygens (including phenoxy) is 1. The lowest BCUT2D eigenvalue weighted by Gasteiger charge is -2.33. The van der Waals surface area contributed by atoms with E-state index < -0.39 is 0 Å². The lowest BCUT2D eigenvalue weighted by molar-refractivity contribution is 0.0115. The van der Waals surface area contributed by atoms with Gasteiger partial charge >= 0.3 is 0 Å². The van der Waals surface area contributed by atoms with E-state index in [0.717, 1.165) is 50.9 Å². The van der Waals surface area contributed by atoms with Gasteiger partial charge in [0.1, 0.15) is 11.5 Å². The summed E-state index contributed by atoms with van der Waals surface area (Å²) in [5, 5.41) is 8.21. The minimum absolute atomic E-state index is 0.233. The number of aromatic nitrogens is 2. The van der Waals surface area contributed by atoms with E-state index in [0.29, 0.717) is 5.92 Å². The van der Waals surface area contributed by atoms with Gasteiger partial charge in [-0.05, 0) is 25.0 Å². The van der Waals surface area contributed by atoms with E-state index in [1.807, 2.05) is 24.7 Å². The zero-order valence-electron chi connectivity index (χ0n) is 15.8. The Morgan fingerprint density at radius 1 is 1.24 bits per heavy atom. The zero-order chi connectivity index (χ0) is 17.8. The molecule has 1 atom stereocenters. The lowest BCUT2D eigenvalue weighted by atomic mass is 10.1. The molecule has 1 N–H and O–H groups in total. The van der Waals surface area contributed by atoms with Gasteiger partial charge in [-0.1, -0.05) is 13.8 Å². The largest absolute Gasteiger partial charge is 0.465 e. The first-order valence-electron chi connectivity index (χ1n) is 9.16. The SMILES string of the molecule is Cc1ccc([C@@H](CNCc2cn(C)nc2C(C)C)N2CCOCC2)o1. The number of nitrogens with one attached hydrogen (secondary N) is 1. The molecule has 2 aromatic rings. The van der Waals surface area contributed by atoms with Gasteiger partial charge in [-0.3, -0.25) is 9.58 Å². The van der Waals surface area contributed by atoms with Crippen molar-refractivity contribution in [2.24, 2.45) is 7.05 Å². The third-order valence-electron chi connectivity index (χ3n) is 4.71. The van der Waals surface area contributed by atoms with Crippen molar-refractivity contribution in [2.75, 3.05) is 32.8 Å². The second-order valence-corrected chi connectivity index (χ2v) is 7.11. The molecule has 0 radical (unpaired) electrons. The van der Waals surface area contributed by atoms with Crippen molar-refractivity contribution in [3.63, 3.8) is 0 Å². The normalized spacial score (nSPS) is 17.3. The molecule has 1 saturated heterocycles. The van der Waals surface area contributed by atoms with E-state index in [2.05, 4.69) is 41.4 Å². The van der Waals surface area contributed by atoms with Gasteiger partial charge in [0.05, 0.1) is 24.9 Å². The van der Waals surface area contributed by atoms with E-state index in [9.17, 15) is 0 Å². The van der Waals surface area contributed by atoms with Crippen LogP contribution < -0.4 is 5.32 Å². The Morgan fingerprint density at radius 3 is 2.64 bits per heavy atom. The van der Waals surface area contributed by atoms with Crippen molar-refractivity contribution in [2.45, 2.75) is 39.3 Å². The predicted molar refractivity (Wildman–Crippen MR) is 97.6 cm³/mol. The number of aryl methyl sites for hydroxylation is 2. The Hall–Kier alpha value is -1.63. The van der Waals surface area contributed by atoms with Gasteiger partial charge in [-0.25, -0.2) is 0 Å². The molecule has 0 bridgehead atoms. The van der Waals surface area contributed by atoms with Crippen LogP contribution >= 0.6 is 0 Å². The van der Waals surface area contributed by atoms with E-state index in [1.165, 1.54) is 11.3 Å². The van der Waals surface area contributed by atoms with Gasteiger partial charge in [-0.2, -0.15) is 5.10 Å². The average molecular weight is 346 g/mol. The monoisotopic (exact) mass is 346 g/mol. The molecule has 1 fully saturated rings. The lowest BCUT2D eigenvalue weighted by Crippen LogP contribution is -2.42. The molecule has 0 aliphatic carbocycles. The summed E-state index contributed by atoms with van der Waals surface area (Å²) in [4.78, 5) is 2.45. The summed E-state index contributed by atoms with van der Waals surface area (Å²) in [7, 11) is 1.98. The Balaban J connectivity index is 1.66. The molecule has 0 unspecified atom stereocenters. The number of hydrogen-bond donors (Lipinski definition) is 1. The summed E-state index contributed by atoms with van der Waals surface area (Å²) in [5.41, 5.74) is 2.45. The minimum Gasteiger partial charge on any atom is -0.465 e. The Morgan fingerprint density at radius 2 is 2.00 bits per heavy atom. The summed E-state index contributed by atoms with van der Waals surface area (Å²) in [5.74, 6) is 2.42. The topological polar surface area (TPSA) is 55.5 Å². The number of morpholine rings is 1. The van der Waals surface area contributed by atoms with E-state index in [-0.39, 0.29) is 6.04 Å². The highest BCUT2D eigenvalue weighted by molar-refractivity contribution is 5.20. The summed E-state index contributed by atoms with van der Waals surface area (Å²) >= 11 is 0. The van der Waals surface area contributed by atoms with Crippen LogP contribution in [0, 0.1) is 6.92 Å². The third kappa shape index (κ3) is 4.51. The fourth-order valence-corrected chi connectivity index (χ4v) is 3.45. The van der Waals surface area contributed by atoms with Crippen LogP contribution in [0.25, 0.3) is 0 Å². The van der Waals surface area contributed by atoms with Crippen LogP contribution in [0.2, 0.25) is 0 Å². The van der Waals surface area contributed by atoms with Crippen LogP contribution in [0.1, 0.15) is 48.6 Å². The van der Waals surface area contributed by atoms with E-state index in [4.69, 9.17) is 9.15 Å². The van der Waals surface area contributed by atoms with E-state index in [1.54, 1.807) is 0 Å². The molecule has 25 heavy (non-hydrogen) atoms. The highest BCUT2D eigenvalue weighted by atomic mass is 16.5. The Labute approximate surface area is 150 Å². The Kier molecular flexibility index (Phi) is 5.93. The molecule has 1 aliphatic heterocycles. The van der Waals surface area contributed by atoms with Crippen molar-refractivity contribution in [3.05, 3.63) is 41.1 Å². The molecular formula is C19H30N4O2. The molecule has 0 amide bonds. The van der Waals surface area contributed by atoms with Gasteiger partial charge < -0.3 is 14.5 Å². The summed E-state index contributed by atoms with van der Waals surface area (Å²) in [6.45, 7) is 11.5. The average Bonchev–Trinajstić information content (AvgIpc) is 3.18. The van der Waals surface area contributed by atoms with Gasteiger partial charge in [0, 0.05) is 45.0 Å². The molecule has 6 heteroatoms. The fourth-order valence-electron chi connectivity index (χ4n) is 3.45. The van der Waals surface area contributed by atoms with Crippen molar-refractivity contribution in [1.29, 1.82) is 0 Å². The highest BCUT2D eigenvalue weighted by Crippen LogP contribution is 2.24. The number of rotatable bonds is 7. The van der Waals surface area contributed by atoms with Gasteiger partial charge in [0.2, 0.25) is 0 Å². The molecule has 6 nitrogen and oxygen atoms in total. The third-order valence-corrected chi connectivity index (χ3v) is 4.71. The molecule has 138 valence electrons. The maximum atomic E-state index is 5.93. The minimum atomic E-state index is 0.233. The van der Waals surface area contributed by atoms with Crippen molar-refractivity contribution in [3.8, 4) is 0 Å². The molecule has 1 aliphatic rings. The molecule has 0 spiro atoms. The zero-order valence-corrected chi connectivity index (χ0v) is 15.8. The van der Waals surface area contributed by atoms with Crippen LogP contribution in [0.5, 0.6) is 0 Å². The van der Waals surface area contributed by atoms with Gasteiger partial charge in [0.15, 0.2) is 0 Å². The molecule has 2 aromatic heterocycles. The van der Waals surface area contributed by atoms with Crippen LogP contribution in [0.4, 0.5) is 0 Å². The Bertz CT molecular complexity index is 671. The molecule has 0 aromatic carbocycles. The molecule has 3 rings (SSSR count). The quantitative estimate of drug-likeness (QED) is 0.835. The second kappa shape index (κ2) is 8.17. The summed E-state index contributed by atoms with van der Waals surface area (Å²) in [6, 6.07) is 4.37. The van der Waals surface area contributed by atoms with Crippen molar-refractivity contribution in [1.82, 2.24) is 20.0 Å². The maximum Gasteiger partial charge on any atom is 0.122 e. The number of hydrogen-bond acceptors (Lipinski definition) is 5. The van der Waals surface area contributed by atoms with Crippen LogP contribution in [-0.2, 0) is 18.3 Å². The first-order chi connectivity index (χ1) is 12.0. The summed E-state index contributed by atoms with van der Waals surface area (Å²) < 4.78 is 13.3.